The molecule has 1 aliphatic heterocycles. The van der Waals surface area contributed by atoms with E-state index in [1.54, 1.807) is 0 Å². The van der Waals surface area contributed by atoms with E-state index in [-0.39, 0.29) is 0 Å². The fourth-order valence-corrected chi connectivity index (χ4v) is 5.69. The highest BCUT2D eigenvalue weighted by Crippen LogP contribution is 2.41. The molecule has 1 saturated heterocycles. The second-order valence-electron chi connectivity index (χ2n) is 7.52. The Labute approximate surface area is 149 Å². The summed E-state index contributed by atoms with van der Waals surface area (Å²) in [6.07, 6.45) is 4.09. The molecule has 1 aromatic carbocycles. The van der Waals surface area contributed by atoms with E-state index >= 15 is 0 Å². The summed E-state index contributed by atoms with van der Waals surface area (Å²) in [5, 5.41) is 0. The Morgan fingerprint density at radius 1 is 1.12 bits per heavy atom. The van der Waals surface area contributed by atoms with E-state index in [1.807, 2.05) is 11.3 Å². The van der Waals surface area contributed by atoms with Crippen LogP contribution < -0.4 is 4.74 Å². The Bertz CT molecular complexity index is 705. The van der Waals surface area contributed by atoms with Gasteiger partial charge in [-0.15, -0.1) is 11.3 Å². The highest BCUT2D eigenvalue weighted by atomic mass is 32.1. The molecule has 2 aliphatic rings. The third-order valence-corrected chi connectivity index (χ3v) is 6.87. The number of hydrogen-bond acceptors (Lipinski definition) is 3. The van der Waals surface area contributed by atoms with E-state index in [4.69, 9.17) is 4.74 Å². The summed E-state index contributed by atoms with van der Waals surface area (Å²) < 4.78 is 6.15. The zero-order valence-corrected chi connectivity index (χ0v) is 15.7. The number of likely N-dealkylation sites (tertiary alicyclic amines) is 1. The maximum Gasteiger partial charge on any atom is 0.119 e. The molecule has 3 unspecified atom stereocenters. The van der Waals surface area contributed by atoms with Crippen LogP contribution in [0.5, 0.6) is 5.75 Å². The molecule has 1 aromatic heterocycles. The van der Waals surface area contributed by atoms with E-state index in [0.29, 0.717) is 5.92 Å². The third kappa shape index (κ3) is 3.00. The van der Waals surface area contributed by atoms with Crippen LogP contribution in [0.4, 0.5) is 0 Å². The van der Waals surface area contributed by atoms with Crippen molar-refractivity contribution in [3.8, 4) is 16.9 Å². The van der Waals surface area contributed by atoms with Crippen molar-refractivity contribution in [2.24, 2.45) is 11.8 Å². The number of aryl methyl sites for hydroxylation is 2. The monoisotopic (exact) mass is 341 g/mol. The van der Waals surface area contributed by atoms with Crippen molar-refractivity contribution in [3.05, 3.63) is 40.1 Å². The first-order chi connectivity index (χ1) is 11.6. The quantitative estimate of drug-likeness (QED) is 0.763. The number of fused-ring (bicyclic) bond motifs is 1. The Kier molecular flexibility index (Phi) is 4.40. The largest absolute Gasteiger partial charge is 0.493 e. The van der Waals surface area contributed by atoms with E-state index < -0.39 is 0 Å². The van der Waals surface area contributed by atoms with Crippen LogP contribution >= 0.6 is 11.3 Å². The minimum atomic E-state index is 0.698. The third-order valence-electron chi connectivity index (χ3n) is 5.91. The minimum Gasteiger partial charge on any atom is -0.493 e. The smallest absolute Gasteiger partial charge is 0.119 e. The van der Waals surface area contributed by atoms with Crippen LogP contribution in [-0.4, -0.2) is 31.1 Å². The lowest BCUT2D eigenvalue weighted by atomic mass is 9.99. The van der Waals surface area contributed by atoms with E-state index in [2.05, 4.69) is 56.1 Å². The summed E-state index contributed by atoms with van der Waals surface area (Å²) in [5.41, 5.74) is 2.65. The van der Waals surface area contributed by atoms with Crippen molar-refractivity contribution < 1.29 is 4.74 Å². The van der Waals surface area contributed by atoms with Gasteiger partial charge in [-0.2, -0.15) is 0 Å². The molecule has 3 atom stereocenters. The normalized spacial score (nSPS) is 26.7. The molecule has 2 aromatic rings. The summed E-state index contributed by atoms with van der Waals surface area (Å²) >= 11 is 1.87. The van der Waals surface area contributed by atoms with E-state index in [0.717, 1.165) is 24.3 Å². The van der Waals surface area contributed by atoms with Crippen molar-refractivity contribution in [2.75, 3.05) is 20.2 Å². The molecule has 0 spiro atoms. The zero-order valence-electron chi connectivity index (χ0n) is 14.9. The summed E-state index contributed by atoms with van der Waals surface area (Å²) in [6.45, 7) is 6.50. The first-order valence-corrected chi connectivity index (χ1v) is 9.94. The number of benzene rings is 1. The summed E-state index contributed by atoms with van der Waals surface area (Å²) in [7, 11) is 2.28. The van der Waals surface area contributed by atoms with Crippen LogP contribution in [0.1, 0.15) is 29.0 Å². The Morgan fingerprint density at radius 2 is 1.92 bits per heavy atom. The van der Waals surface area contributed by atoms with Crippen molar-refractivity contribution >= 4 is 11.3 Å². The molecule has 0 N–H and O–H groups in total. The van der Waals surface area contributed by atoms with Gasteiger partial charge >= 0.3 is 0 Å². The second-order valence-corrected chi connectivity index (χ2v) is 8.98. The van der Waals surface area contributed by atoms with Gasteiger partial charge in [-0.1, -0.05) is 12.1 Å². The van der Waals surface area contributed by atoms with Crippen LogP contribution in [0.3, 0.4) is 0 Å². The van der Waals surface area contributed by atoms with Crippen LogP contribution in [0.15, 0.2) is 30.3 Å². The van der Waals surface area contributed by atoms with Crippen molar-refractivity contribution in [3.63, 3.8) is 0 Å². The van der Waals surface area contributed by atoms with Gasteiger partial charge in [-0.05, 0) is 81.9 Å². The van der Waals surface area contributed by atoms with E-state index in [9.17, 15) is 0 Å². The van der Waals surface area contributed by atoms with Gasteiger partial charge in [0.15, 0.2) is 0 Å². The van der Waals surface area contributed by atoms with Crippen molar-refractivity contribution in [1.29, 1.82) is 0 Å². The number of rotatable bonds is 4. The second kappa shape index (κ2) is 6.53. The van der Waals surface area contributed by atoms with Crippen LogP contribution in [0.25, 0.3) is 11.1 Å². The zero-order chi connectivity index (χ0) is 16.7. The number of hydrogen-bond donors (Lipinski definition) is 0. The van der Waals surface area contributed by atoms with Crippen molar-refractivity contribution in [2.45, 2.75) is 39.2 Å². The summed E-state index contributed by atoms with van der Waals surface area (Å²) in [5.74, 6) is 2.62. The van der Waals surface area contributed by atoms with Gasteiger partial charge in [0.1, 0.15) is 5.75 Å². The topological polar surface area (TPSA) is 12.5 Å². The highest BCUT2D eigenvalue weighted by molar-refractivity contribution is 7.12. The van der Waals surface area contributed by atoms with Crippen molar-refractivity contribution in [1.82, 2.24) is 4.90 Å². The summed E-state index contributed by atoms with van der Waals surface area (Å²) in [4.78, 5) is 5.32. The lowest BCUT2D eigenvalue weighted by molar-refractivity contribution is 0.167. The molecule has 24 heavy (non-hydrogen) atoms. The van der Waals surface area contributed by atoms with Gasteiger partial charge in [-0.25, -0.2) is 0 Å². The number of ether oxygens (including phenoxy) is 1. The predicted molar refractivity (Wildman–Crippen MR) is 102 cm³/mol. The maximum atomic E-state index is 6.15. The summed E-state index contributed by atoms with van der Waals surface area (Å²) in [6, 6.07) is 11.7. The van der Waals surface area contributed by atoms with Gasteiger partial charge < -0.3 is 9.64 Å². The van der Waals surface area contributed by atoms with Crippen LogP contribution in [0.2, 0.25) is 0 Å². The lowest BCUT2D eigenvalue weighted by Gasteiger charge is -2.26. The van der Waals surface area contributed by atoms with Crippen LogP contribution in [-0.2, 0) is 0 Å². The van der Waals surface area contributed by atoms with Gasteiger partial charge in [0.2, 0.25) is 0 Å². The lowest BCUT2D eigenvalue weighted by Crippen LogP contribution is -2.34. The highest BCUT2D eigenvalue weighted by Gasteiger charge is 2.42. The molecule has 2 nitrogen and oxygen atoms in total. The van der Waals surface area contributed by atoms with Gasteiger partial charge in [0, 0.05) is 21.7 Å². The average molecular weight is 342 g/mol. The minimum absolute atomic E-state index is 0.698. The van der Waals surface area contributed by atoms with Crippen LogP contribution in [0, 0.1) is 25.7 Å². The Balaban J connectivity index is 1.40. The average Bonchev–Trinajstić information content (AvgIpc) is 3.23. The molecule has 3 heteroatoms. The van der Waals surface area contributed by atoms with E-state index in [1.165, 1.54) is 46.7 Å². The molecular formula is C21H27NOS. The van der Waals surface area contributed by atoms with Gasteiger partial charge in [0.05, 0.1) is 6.61 Å². The molecule has 0 bridgehead atoms. The standard InChI is InChI=1S/C21H27NOS/c1-14-12-20(15(2)24-14)16-6-8-19(9-7-16)23-13-18-5-4-17-10-11-22(3)21(17)18/h6-9,12,17-18,21H,4-5,10-11,13H2,1-3H3. The molecule has 1 aliphatic carbocycles. The maximum absolute atomic E-state index is 6.15. The first-order valence-electron chi connectivity index (χ1n) is 9.12. The first kappa shape index (κ1) is 16.2. The SMILES string of the molecule is Cc1cc(-c2ccc(OCC3CCC4CCN(C)C43)cc2)c(C)s1. The number of thiophene rings is 1. The fraction of sp³-hybridized carbons (Fsp3) is 0.524. The molecule has 4 rings (SSSR count). The molecular weight excluding hydrogens is 314 g/mol. The molecule has 128 valence electrons. The Hall–Kier alpha value is -1.32. The molecule has 2 heterocycles. The molecule has 1 saturated carbocycles. The molecule has 0 radical (unpaired) electrons. The Morgan fingerprint density at radius 3 is 2.62 bits per heavy atom. The van der Waals surface area contributed by atoms with Gasteiger partial charge in [-0.3, -0.25) is 0 Å². The van der Waals surface area contributed by atoms with Gasteiger partial charge in [0.25, 0.3) is 0 Å². The fourth-order valence-electron chi connectivity index (χ4n) is 4.74. The number of nitrogens with zero attached hydrogens (tertiary/aromatic N) is 1. The molecule has 2 fully saturated rings. The predicted octanol–water partition coefficient (Wildman–Crippen LogP) is 5.14. The molecule has 0 amide bonds.